The molecule has 0 spiro atoms. The van der Waals surface area contributed by atoms with Gasteiger partial charge in [-0.3, -0.25) is 0 Å². The highest BCUT2D eigenvalue weighted by Gasteiger charge is 2.27. The van der Waals surface area contributed by atoms with Gasteiger partial charge in [-0.2, -0.15) is 0 Å². The molecule has 0 aliphatic rings. The van der Waals surface area contributed by atoms with Gasteiger partial charge in [0.25, 0.3) is 0 Å². The van der Waals surface area contributed by atoms with E-state index in [1.807, 2.05) is 0 Å². The SMILES string of the molecule is CCCCCCCOc1c(CCCC)c(CCCC)c(CCCC)c(O)c1OC(=O)O. The lowest BCUT2D eigenvalue weighted by molar-refractivity contribution is 0.140. The standard InChI is InChI=1S/C26H44O5/c1-5-9-13-14-15-19-30-24-22(18-12-8-4)20(16-10-6-2)21(17-11-7-3)23(27)25(24)31-26(28)29/h27H,5-19H2,1-4H3,(H,28,29). The van der Waals surface area contributed by atoms with Crippen molar-refractivity contribution in [1.29, 1.82) is 0 Å². The fourth-order valence-corrected chi connectivity index (χ4v) is 3.95. The summed E-state index contributed by atoms with van der Waals surface area (Å²) < 4.78 is 11.3. The van der Waals surface area contributed by atoms with Crippen LogP contribution in [0.3, 0.4) is 0 Å². The molecule has 0 fully saturated rings. The summed E-state index contributed by atoms with van der Waals surface area (Å²) in [5.41, 5.74) is 3.01. The Balaban J connectivity index is 3.42. The van der Waals surface area contributed by atoms with Crippen LogP contribution in [0.25, 0.3) is 0 Å². The van der Waals surface area contributed by atoms with Crippen LogP contribution in [0.2, 0.25) is 0 Å². The van der Waals surface area contributed by atoms with Gasteiger partial charge in [0.05, 0.1) is 6.61 Å². The lowest BCUT2D eigenvalue weighted by Gasteiger charge is -2.23. The average molecular weight is 437 g/mol. The highest BCUT2D eigenvalue weighted by Crippen LogP contribution is 2.47. The van der Waals surface area contributed by atoms with E-state index >= 15 is 0 Å². The van der Waals surface area contributed by atoms with Crippen molar-refractivity contribution in [3.8, 4) is 17.2 Å². The first-order valence-electron chi connectivity index (χ1n) is 12.4. The minimum absolute atomic E-state index is 0.0153. The number of rotatable bonds is 17. The van der Waals surface area contributed by atoms with Crippen molar-refractivity contribution in [3.05, 3.63) is 16.7 Å². The third-order valence-corrected chi connectivity index (χ3v) is 5.73. The normalized spacial score (nSPS) is 11.0. The second kappa shape index (κ2) is 15.8. The molecule has 0 aliphatic heterocycles. The predicted molar refractivity (Wildman–Crippen MR) is 127 cm³/mol. The Kier molecular flexibility index (Phi) is 13.8. The molecule has 0 atom stereocenters. The zero-order chi connectivity index (χ0) is 23.1. The van der Waals surface area contributed by atoms with E-state index in [1.165, 1.54) is 19.3 Å². The number of hydrogen-bond acceptors (Lipinski definition) is 4. The number of carbonyl (C=O) groups is 1. The molecule has 5 heteroatoms. The van der Waals surface area contributed by atoms with Crippen molar-refractivity contribution in [3.63, 3.8) is 0 Å². The van der Waals surface area contributed by atoms with Gasteiger partial charge >= 0.3 is 6.16 Å². The van der Waals surface area contributed by atoms with Gasteiger partial charge in [-0.15, -0.1) is 0 Å². The maximum Gasteiger partial charge on any atom is 0.511 e. The fourth-order valence-electron chi connectivity index (χ4n) is 3.95. The van der Waals surface area contributed by atoms with Gasteiger partial charge in [0, 0.05) is 11.1 Å². The Morgan fingerprint density at radius 2 is 1.19 bits per heavy atom. The molecule has 178 valence electrons. The Hall–Kier alpha value is -1.91. The molecule has 1 aromatic carbocycles. The summed E-state index contributed by atoms with van der Waals surface area (Å²) in [6.45, 7) is 9.11. The van der Waals surface area contributed by atoms with Crippen LogP contribution >= 0.6 is 0 Å². The number of phenolic OH excluding ortho intramolecular Hbond substituents is 1. The van der Waals surface area contributed by atoms with Crippen molar-refractivity contribution in [2.24, 2.45) is 0 Å². The first kappa shape index (κ1) is 27.1. The van der Waals surface area contributed by atoms with Gasteiger partial charge in [0.15, 0.2) is 11.5 Å². The number of phenols is 1. The number of benzene rings is 1. The van der Waals surface area contributed by atoms with Crippen molar-refractivity contribution in [2.45, 2.75) is 118 Å². The Morgan fingerprint density at radius 1 is 0.677 bits per heavy atom. The Labute approximate surface area is 189 Å². The van der Waals surface area contributed by atoms with Gasteiger partial charge in [-0.25, -0.2) is 4.79 Å². The fraction of sp³-hybridized carbons (Fsp3) is 0.731. The maximum absolute atomic E-state index is 11.4. The molecule has 2 N–H and O–H groups in total. The molecule has 31 heavy (non-hydrogen) atoms. The maximum atomic E-state index is 11.4. The summed E-state index contributed by atoms with van der Waals surface area (Å²) in [6, 6.07) is 0. The van der Waals surface area contributed by atoms with Crippen LogP contribution in [0.5, 0.6) is 17.2 Å². The highest BCUT2D eigenvalue weighted by atomic mass is 16.7. The predicted octanol–water partition coefficient (Wildman–Crippen LogP) is 7.83. The van der Waals surface area contributed by atoms with Crippen LogP contribution in [0.15, 0.2) is 0 Å². The van der Waals surface area contributed by atoms with Crippen LogP contribution in [0.1, 0.15) is 115 Å². The molecule has 1 aromatic rings. The van der Waals surface area contributed by atoms with E-state index in [0.29, 0.717) is 18.8 Å². The van der Waals surface area contributed by atoms with Gasteiger partial charge in [0.1, 0.15) is 0 Å². The molecule has 0 unspecified atom stereocenters. The Morgan fingerprint density at radius 3 is 1.74 bits per heavy atom. The van der Waals surface area contributed by atoms with E-state index in [-0.39, 0.29) is 11.5 Å². The molecule has 0 heterocycles. The summed E-state index contributed by atoms with van der Waals surface area (Å²) in [7, 11) is 0. The largest absolute Gasteiger partial charge is 0.511 e. The number of hydrogen-bond donors (Lipinski definition) is 2. The first-order valence-corrected chi connectivity index (χ1v) is 12.4. The molecule has 0 saturated carbocycles. The third kappa shape index (κ3) is 9.00. The van der Waals surface area contributed by atoms with Gasteiger partial charge in [-0.1, -0.05) is 72.6 Å². The molecule has 0 aromatic heterocycles. The van der Waals surface area contributed by atoms with E-state index < -0.39 is 6.16 Å². The first-order chi connectivity index (χ1) is 15.0. The highest BCUT2D eigenvalue weighted by molar-refractivity contribution is 5.70. The van der Waals surface area contributed by atoms with Crippen LogP contribution in [-0.2, 0) is 19.3 Å². The lowest BCUT2D eigenvalue weighted by Crippen LogP contribution is -2.12. The van der Waals surface area contributed by atoms with Crippen molar-refractivity contribution in [1.82, 2.24) is 0 Å². The smallest absolute Gasteiger partial charge is 0.504 e. The second-order valence-electron chi connectivity index (χ2n) is 8.38. The van der Waals surface area contributed by atoms with Gasteiger partial charge < -0.3 is 19.7 Å². The minimum Gasteiger partial charge on any atom is -0.504 e. The molecular formula is C26H44O5. The number of carboxylic acid groups (broad SMARTS) is 1. The zero-order valence-electron chi connectivity index (χ0n) is 20.2. The molecule has 0 saturated heterocycles. The molecule has 1 rings (SSSR count). The summed E-state index contributed by atoms with van der Waals surface area (Å²) >= 11 is 0. The molecular weight excluding hydrogens is 392 g/mol. The van der Waals surface area contributed by atoms with Crippen LogP contribution in [-0.4, -0.2) is 23.0 Å². The monoisotopic (exact) mass is 436 g/mol. The molecule has 0 radical (unpaired) electrons. The summed E-state index contributed by atoms with van der Waals surface area (Å²) in [6.07, 6.45) is 12.5. The molecule has 5 nitrogen and oxygen atoms in total. The molecule has 0 bridgehead atoms. The van der Waals surface area contributed by atoms with Crippen molar-refractivity contribution < 1.29 is 24.5 Å². The minimum atomic E-state index is -1.42. The number of unbranched alkanes of at least 4 members (excludes halogenated alkanes) is 7. The average Bonchev–Trinajstić information content (AvgIpc) is 2.75. The quantitative estimate of drug-likeness (QED) is 0.148. The van der Waals surface area contributed by atoms with E-state index in [1.54, 1.807) is 0 Å². The van der Waals surface area contributed by atoms with E-state index in [9.17, 15) is 15.0 Å². The summed E-state index contributed by atoms with van der Waals surface area (Å²) in [5.74, 6) is 0.372. The number of aromatic hydroxyl groups is 1. The molecule has 0 amide bonds. The van der Waals surface area contributed by atoms with E-state index in [2.05, 4.69) is 27.7 Å². The van der Waals surface area contributed by atoms with Gasteiger partial charge in [0.2, 0.25) is 5.75 Å². The van der Waals surface area contributed by atoms with Crippen LogP contribution < -0.4 is 9.47 Å². The van der Waals surface area contributed by atoms with Crippen molar-refractivity contribution >= 4 is 6.16 Å². The summed E-state index contributed by atoms with van der Waals surface area (Å²) in [4.78, 5) is 11.4. The van der Waals surface area contributed by atoms with Crippen molar-refractivity contribution in [2.75, 3.05) is 6.61 Å². The Bertz CT molecular complexity index is 654. The van der Waals surface area contributed by atoms with Crippen LogP contribution in [0.4, 0.5) is 4.79 Å². The van der Waals surface area contributed by atoms with E-state index in [0.717, 1.165) is 80.9 Å². The molecule has 0 aliphatic carbocycles. The topological polar surface area (TPSA) is 76.0 Å². The summed E-state index contributed by atoms with van der Waals surface area (Å²) in [5, 5.41) is 20.4. The lowest BCUT2D eigenvalue weighted by atomic mass is 9.89. The zero-order valence-corrected chi connectivity index (χ0v) is 20.2. The van der Waals surface area contributed by atoms with E-state index in [4.69, 9.17) is 9.47 Å². The van der Waals surface area contributed by atoms with Gasteiger partial charge in [-0.05, 0) is 50.5 Å². The third-order valence-electron chi connectivity index (χ3n) is 5.73. The second-order valence-corrected chi connectivity index (χ2v) is 8.38. The van der Waals surface area contributed by atoms with Crippen LogP contribution in [0, 0.1) is 0 Å². The number of ether oxygens (including phenoxy) is 2.